The molecule has 0 spiro atoms. The summed E-state index contributed by atoms with van der Waals surface area (Å²) in [7, 11) is 0. The summed E-state index contributed by atoms with van der Waals surface area (Å²) in [5.41, 5.74) is 4.17. The first-order valence-corrected chi connectivity index (χ1v) is 5.37. The van der Waals surface area contributed by atoms with Gasteiger partial charge in [0.15, 0.2) is 0 Å². The van der Waals surface area contributed by atoms with Crippen molar-refractivity contribution >= 4 is 5.97 Å². The van der Waals surface area contributed by atoms with Crippen LogP contribution in [0.1, 0.15) is 27.3 Å². The highest BCUT2D eigenvalue weighted by atomic mass is 16.4. The van der Waals surface area contributed by atoms with Crippen molar-refractivity contribution in [3.63, 3.8) is 0 Å². The van der Waals surface area contributed by atoms with E-state index in [-0.39, 0.29) is 5.56 Å². The molecule has 0 unspecified atom stereocenters. The van der Waals surface area contributed by atoms with Crippen LogP contribution in [-0.2, 0) is 0 Å². The smallest absolute Gasteiger partial charge is 0.335 e. The molecule has 1 N–H and O–H groups in total. The molecule has 1 aromatic heterocycles. The van der Waals surface area contributed by atoms with Crippen molar-refractivity contribution in [3.05, 3.63) is 46.8 Å². The van der Waals surface area contributed by atoms with Gasteiger partial charge in [0.25, 0.3) is 0 Å². The van der Waals surface area contributed by atoms with E-state index in [4.69, 9.17) is 5.11 Å². The van der Waals surface area contributed by atoms with Crippen molar-refractivity contribution < 1.29 is 9.90 Å². The summed E-state index contributed by atoms with van der Waals surface area (Å²) in [5, 5.41) is 13.4. The predicted octanol–water partition coefficient (Wildman–Crippen LogP) is 2.50. The second kappa shape index (κ2) is 4.05. The number of carboxylic acids is 1. The van der Waals surface area contributed by atoms with Gasteiger partial charge in [0.2, 0.25) is 0 Å². The number of aryl methyl sites for hydroxylation is 1. The average Bonchev–Trinajstić information content (AvgIpc) is 2.57. The van der Waals surface area contributed by atoms with E-state index in [0.717, 1.165) is 22.6 Å². The Morgan fingerprint density at radius 3 is 2.53 bits per heavy atom. The third-order valence-corrected chi connectivity index (χ3v) is 2.99. The van der Waals surface area contributed by atoms with E-state index in [9.17, 15) is 4.79 Å². The molecular weight excluding hydrogens is 216 g/mol. The Hall–Kier alpha value is -2.10. The van der Waals surface area contributed by atoms with Crippen molar-refractivity contribution in [2.75, 3.05) is 0 Å². The molecule has 4 heteroatoms. The normalized spacial score (nSPS) is 10.5. The Balaban J connectivity index is 2.56. The fourth-order valence-electron chi connectivity index (χ4n) is 1.74. The molecule has 17 heavy (non-hydrogen) atoms. The van der Waals surface area contributed by atoms with Gasteiger partial charge in [-0.1, -0.05) is 6.07 Å². The van der Waals surface area contributed by atoms with Crippen LogP contribution in [0.5, 0.6) is 0 Å². The Morgan fingerprint density at radius 2 is 2.00 bits per heavy atom. The molecule has 88 valence electrons. The standard InChI is InChI=1S/C13H14N2O2/c1-8-9(2)14-15(10(8)3)12-6-4-5-11(7-12)13(16)17/h4-7H,1-3H3,(H,16,17). The van der Waals surface area contributed by atoms with Crippen LogP contribution in [0, 0.1) is 20.8 Å². The average molecular weight is 230 g/mol. The Labute approximate surface area is 99.5 Å². The molecule has 0 aliphatic carbocycles. The van der Waals surface area contributed by atoms with Gasteiger partial charge in [-0.15, -0.1) is 0 Å². The zero-order valence-electron chi connectivity index (χ0n) is 10.1. The van der Waals surface area contributed by atoms with E-state index in [1.807, 2.05) is 26.8 Å². The van der Waals surface area contributed by atoms with E-state index in [1.54, 1.807) is 22.9 Å². The van der Waals surface area contributed by atoms with E-state index < -0.39 is 5.97 Å². The van der Waals surface area contributed by atoms with Crippen molar-refractivity contribution in [1.82, 2.24) is 9.78 Å². The second-order valence-corrected chi connectivity index (χ2v) is 4.06. The largest absolute Gasteiger partial charge is 0.478 e. The van der Waals surface area contributed by atoms with Gasteiger partial charge in [0, 0.05) is 5.69 Å². The van der Waals surface area contributed by atoms with E-state index in [0.29, 0.717) is 0 Å². The van der Waals surface area contributed by atoms with Gasteiger partial charge >= 0.3 is 5.97 Å². The molecule has 1 heterocycles. The first kappa shape index (κ1) is 11.4. The number of benzene rings is 1. The highest BCUT2D eigenvalue weighted by Crippen LogP contribution is 2.17. The molecular formula is C13H14N2O2. The van der Waals surface area contributed by atoms with E-state index in [1.165, 1.54) is 0 Å². The molecule has 0 fully saturated rings. The van der Waals surface area contributed by atoms with Crippen LogP contribution in [0.3, 0.4) is 0 Å². The predicted molar refractivity (Wildman–Crippen MR) is 64.7 cm³/mol. The number of carbonyl (C=O) groups is 1. The van der Waals surface area contributed by atoms with Gasteiger partial charge in [0.05, 0.1) is 16.9 Å². The minimum absolute atomic E-state index is 0.271. The first-order valence-electron chi connectivity index (χ1n) is 5.37. The molecule has 0 aliphatic heterocycles. The highest BCUT2D eigenvalue weighted by molar-refractivity contribution is 5.88. The minimum atomic E-state index is -0.926. The van der Waals surface area contributed by atoms with E-state index in [2.05, 4.69) is 5.10 Å². The zero-order valence-corrected chi connectivity index (χ0v) is 10.1. The lowest BCUT2D eigenvalue weighted by molar-refractivity contribution is 0.0697. The maximum absolute atomic E-state index is 10.9. The molecule has 0 radical (unpaired) electrons. The number of nitrogens with zero attached hydrogens (tertiary/aromatic N) is 2. The fraction of sp³-hybridized carbons (Fsp3) is 0.231. The molecule has 0 atom stereocenters. The van der Waals surface area contributed by atoms with Gasteiger partial charge in [-0.25, -0.2) is 9.48 Å². The molecule has 0 amide bonds. The molecule has 2 rings (SSSR count). The van der Waals surface area contributed by atoms with Crippen molar-refractivity contribution in [3.8, 4) is 5.69 Å². The SMILES string of the molecule is Cc1nn(-c2cccc(C(=O)O)c2)c(C)c1C. The van der Waals surface area contributed by atoms with Crippen LogP contribution in [0.4, 0.5) is 0 Å². The fourth-order valence-corrected chi connectivity index (χ4v) is 1.74. The Morgan fingerprint density at radius 1 is 1.29 bits per heavy atom. The molecule has 0 saturated carbocycles. The van der Waals surface area contributed by atoms with Crippen LogP contribution < -0.4 is 0 Å². The maximum atomic E-state index is 10.9. The van der Waals surface area contributed by atoms with Crippen LogP contribution >= 0.6 is 0 Å². The molecule has 2 aromatic rings. The summed E-state index contributed by atoms with van der Waals surface area (Å²) in [6.45, 7) is 5.93. The van der Waals surface area contributed by atoms with Crippen LogP contribution in [0.2, 0.25) is 0 Å². The molecule has 4 nitrogen and oxygen atoms in total. The lowest BCUT2D eigenvalue weighted by Gasteiger charge is -2.05. The topological polar surface area (TPSA) is 55.1 Å². The summed E-state index contributed by atoms with van der Waals surface area (Å²) < 4.78 is 1.77. The first-order chi connectivity index (χ1) is 8.00. The number of aromatic carboxylic acids is 1. The molecule has 0 bridgehead atoms. The lowest BCUT2D eigenvalue weighted by atomic mass is 10.2. The van der Waals surface area contributed by atoms with Crippen LogP contribution in [0.25, 0.3) is 5.69 Å². The minimum Gasteiger partial charge on any atom is -0.478 e. The van der Waals surface area contributed by atoms with E-state index >= 15 is 0 Å². The second-order valence-electron chi connectivity index (χ2n) is 4.06. The third-order valence-electron chi connectivity index (χ3n) is 2.99. The van der Waals surface area contributed by atoms with Crippen LogP contribution in [-0.4, -0.2) is 20.9 Å². The number of hydrogen-bond acceptors (Lipinski definition) is 2. The number of carboxylic acid groups (broad SMARTS) is 1. The lowest BCUT2D eigenvalue weighted by Crippen LogP contribution is -2.02. The van der Waals surface area contributed by atoms with Crippen molar-refractivity contribution in [1.29, 1.82) is 0 Å². The monoisotopic (exact) mass is 230 g/mol. The molecule has 1 aromatic carbocycles. The number of aromatic nitrogens is 2. The van der Waals surface area contributed by atoms with Gasteiger partial charge < -0.3 is 5.11 Å². The van der Waals surface area contributed by atoms with Gasteiger partial charge in [-0.3, -0.25) is 0 Å². The number of hydrogen-bond donors (Lipinski definition) is 1. The summed E-state index contributed by atoms with van der Waals surface area (Å²) in [6.07, 6.45) is 0. The summed E-state index contributed by atoms with van der Waals surface area (Å²) in [6, 6.07) is 6.78. The molecule has 0 saturated heterocycles. The Kier molecular flexibility index (Phi) is 2.71. The highest BCUT2D eigenvalue weighted by Gasteiger charge is 2.10. The number of rotatable bonds is 2. The third kappa shape index (κ3) is 1.93. The summed E-state index contributed by atoms with van der Waals surface area (Å²) in [4.78, 5) is 10.9. The van der Waals surface area contributed by atoms with Crippen molar-refractivity contribution in [2.45, 2.75) is 20.8 Å². The van der Waals surface area contributed by atoms with Crippen LogP contribution in [0.15, 0.2) is 24.3 Å². The quantitative estimate of drug-likeness (QED) is 0.862. The molecule has 0 aliphatic rings. The van der Waals surface area contributed by atoms with Gasteiger partial charge in [-0.05, 0) is 44.5 Å². The van der Waals surface area contributed by atoms with Gasteiger partial charge in [-0.2, -0.15) is 5.10 Å². The summed E-state index contributed by atoms with van der Waals surface area (Å²) >= 11 is 0. The zero-order chi connectivity index (χ0) is 12.6. The van der Waals surface area contributed by atoms with Gasteiger partial charge in [0.1, 0.15) is 0 Å². The van der Waals surface area contributed by atoms with Crippen molar-refractivity contribution in [2.24, 2.45) is 0 Å². The summed E-state index contributed by atoms with van der Waals surface area (Å²) in [5.74, 6) is -0.926. The maximum Gasteiger partial charge on any atom is 0.335 e. The Bertz CT molecular complexity index is 585.